The van der Waals surface area contributed by atoms with E-state index in [1.165, 1.54) is 11.8 Å². The van der Waals surface area contributed by atoms with Gasteiger partial charge in [0, 0.05) is 10.9 Å². The fraction of sp³-hybridized carbons (Fsp3) is 0.667. The van der Waals surface area contributed by atoms with Gasteiger partial charge < -0.3 is 9.16 Å². The fourth-order valence-corrected chi connectivity index (χ4v) is 5.83. The molecular weight excluding hydrogens is 348 g/mol. The summed E-state index contributed by atoms with van der Waals surface area (Å²) in [4.78, 5) is 24.8. The van der Waals surface area contributed by atoms with Crippen LogP contribution >= 0.6 is 27.7 Å². The van der Waals surface area contributed by atoms with Crippen LogP contribution in [0.15, 0.2) is 10.6 Å². The molecule has 1 saturated heterocycles. The van der Waals surface area contributed by atoms with Crippen LogP contribution in [0.3, 0.4) is 0 Å². The van der Waals surface area contributed by atoms with Crippen LogP contribution in [0.4, 0.5) is 0 Å². The van der Waals surface area contributed by atoms with E-state index in [1.807, 2.05) is 25.9 Å². The summed E-state index contributed by atoms with van der Waals surface area (Å²) in [5.74, 6) is -0.438. The number of carbonyl (C=O) groups excluding carboxylic acids is 2. The zero-order valence-corrected chi connectivity index (χ0v) is 14.8. The number of Topliss-reactive ketones (excluding diaryl/α,β-unsaturated/α-hetero) is 1. The number of rotatable bonds is 3. The summed E-state index contributed by atoms with van der Waals surface area (Å²) in [7, 11) is -2.04. The first-order valence-corrected chi connectivity index (χ1v) is 11.5. The van der Waals surface area contributed by atoms with Gasteiger partial charge in [-0.1, -0.05) is 15.9 Å². The molecule has 106 valence electrons. The van der Waals surface area contributed by atoms with E-state index in [9.17, 15) is 9.59 Å². The van der Waals surface area contributed by atoms with Crippen LogP contribution in [0.1, 0.15) is 6.42 Å². The molecule has 0 N–H and O–H groups in total. The third-order valence-electron chi connectivity index (χ3n) is 3.02. The van der Waals surface area contributed by atoms with Crippen molar-refractivity contribution in [1.82, 2.24) is 0 Å². The second kappa shape index (κ2) is 5.02. The highest BCUT2D eigenvalue weighted by molar-refractivity contribution is 9.11. The number of carbonyl (C=O) groups is 2. The van der Waals surface area contributed by atoms with Crippen LogP contribution < -0.4 is 0 Å². The summed E-state index contributed by atoms with van der Waals surface area (Å²) in [5, 5.41) is -0.551. The summed E-state index contributed by atoms with van der Waals surface area (Å²) in [6.45, 7) is 5.98. The van der Waals surface area contributed by atoms with E-state index in [0.717, 1.165) is 0 Å². The van der Waals surface area contributed by atoms with Gasteiger partial charge >= 0.3 is 5.97 Å². The lowest BCUT2D eigenvalue weighted by Gasteiger charge is -2.41. The molecule has 0 spiro atoms. The number of hydrogen-bond donors (Lipinski definition) is 0. The van der Waals surface area contributed by atoms with Gasteiger partial charge in [0.05, 0.1) is 0 Å². The van der Waals surface area contributed by atoms with Gasteiger partial charge in [0.25, 0.3) is 0 Å². The molecular formula is C12H17BrO4SSi. The predicted molar refractivity (Wildman–Crippen MR) is 81.0 cm³/mol. The maximum atomic E-state index is 12.4. The Morgan fingerprint density at radius 3 is 2.58 bits per heavy atom. The van der Waals surface area contributed by atoms with E-state index in [2.05, 4.69) is 15.9 Å². The maximum Gasteiger partial charge on any atom is 0.344 e. The molecule has 0 amide bonds. The third kappa shape index (κ3) is 2.57. The lowest BCUT2D eigenvalue weighted by molar-refractivity contribution is -0.162. The summed E-state index contributed by atoms with van der Waals surface area (Å²) < 4.78 is 12.1. The minimum absolute atomic E-state index is 0.00676. The average Bonchev–Trinajstić information content (AvgIpc) is 2.38. The standard InChI is InChI=1S/C12H17BrO4SSi/c1-18-10-8(14)5-7-6-9(13)12(10,11(15)16-7)17-19(2,3)4/h6-7,10H,5H2,1-4H3/t7-,10+,12+/m1/s1. The van der Waals surface area contributed by atoms with Crippen molar-refractivity contribution in [2.45, 2.75) is 43.0 Å². The molecule has 0 aromatic heterocycles. The SMILES string of the molecule is CS[C@H]1C(=O)C[C@@H]2C=C(Br)[C@@]1(O[Si](C)(C)C)C(=O)O2. The lowest BCUT2D eigenvalue weighted by atomic mass is 9.97. The predicted octanol–water partition coefficient (Wildman–Crippen LogP) is 2.49. The molecule has 0 radical (unpaired) electrons. The van der Waals surface area contributed by atoms with E-state index in [1.54, 1.807) is 6.08 Å². The number of ketones is 1. The Morgan fingerprint density at radius 1 is 1.47 bits per heavy atom. The summed E-state index contributed by atoms with van der Waals surface area (Å²) in [6.07, 6.45) is 3.37. The zero-order chi connectivity index (χ0) is 14.4. The highest BCUT2D eigenvalue weighted by atomic mass is 79.9. The highest BCUT2D eigenvalue weighted by Gasteiger charge is 2.60. The largest absolute Gasteiger partial charge is 0.455 e. The van der Waals surface area contributed by atoms with Crippen molar-refractivity contribution >= 4 is 47.8 Å². The van der Waals surface area contributed by atoms with E-state index in [0.29, 0.717) is 4.48 Å². The summed E-state index contributed by atoms with van der Waals surface area (Å²) in [6, 6.07) is 0. The van der Waals surface area contributed by atoms with Crippen LogP contribution in [-0.4, -0.2) is 43.3 Å². The summed E-state index contributed by atoms with van der Waals surface area (Å²) >= 11 is 4.80. The quantitative estimate of drug-likeness (QED) is 0.568. The van der Waals surface area contributed by atoms with Crippen molar-refractivity contribution in [2.24, 2.45) is 0 Å². The molecule has 2 bridgehead atoms. The smallest absolute Gasteiger partial charge is 0.344 e. The normalized spacial score (nSPS) is 34.9. The number of fused-ring (bicyclic) bond motifs is 3. The minimum Gasteiger partial charge on any atom is -0.455 e. The molecule has 4 nitrogen and oxygen atoms in total. The molecule has 2 aliphatic heterocycles. The van der Waals surface area contributed by atoms with Crippen molar-refractivity contribution in [3.8, 4) is 0 Å². The Bertz CT molecular complexity index is 459. The van der Waals surface area contributed by atoms with Crippen molar-refractivity contribution in [3.05, 3.63) is 10.6 Å². The molecule has 2 heterocycles. The molecule has 0 unspecified atom stereocenters. The van der Waals surface area contributed by atoms with Gasteiger partial charge in [-0.3, -0.25) is 4.79 Å². The molecule has 1 fully saturated rings. The van der Waals surface area contributed by atoms with Gasteiger partial charge in [0.2, 0.25) is 5.60 Å². The molecule has 1 aliphatic carbocycles. The van der Waals surface area contributed by atoms with Gasteiger partial charge in [0.1, 0.15) is 11.4 Å². The summed E-state index contributed by atoms with van der Waals surface area (Å²) in [5.41, 5.74) is -1.30. The van der Waals surface area contributed by atoms with Crippen molar-refractivity contribution < 1.29 is 18.8 Å². The van der Waals surface area contributed by atoms with Crippen molar-refractivity contribution in [3.63, 3.8) is 0 Å². The van der Waals surface area contributed by atoms with E-state index in [4.69, 9.17) is 9.16 Å². The first kappa shape index (κ1) is 15.3. The van der Waals surface area contributed by atoms with Gasteiger partial charge in [-0.25, -0.2) is 4.79 Å². The molecule has 7 heteroatoms. The number of ether oxygens (including phenoxy) is 1. The van der Waals surface area contributed by atoms with E-state index in [-0.39, 0.29) is 12.2 Å². The van der Waals surface area contributed by atoms with Gasteiger partial charge in [0.15, 0.2) is 14.1 Å². The van der Waals surface area contributed by atoms with E-state index < -0.39 is 31.2 Å². The maximum absolute atomic E-state index is 12.4. The Morgan fingerprint density at radius 2 is 2.11 bits per heavy atom. The minimum atomic E-state index is -2.04. The highest BCUT2D eigenvalue weighted by Crippen LogP contribution is 2.46. The van der Waals surface area contributed by atoms with Gasteiger partial charge in [-0.15, -0.1) is 0 Å². The molecule has 19 heavy (non-hydrogen) atoms. The Hall–Kier alpha value is -0.113. The van der Waals surface area contributed by atoms with E-state index >= 15 is 0 Å². The molecule has 3 atom stereocenters. The average molecular weight is 365 g/mol. The molecule has 3 rings (SSSR count). The van der Waals surface area contributed by atoms with Crippen LogP contribution in [0.25, 0.3) is 0 Å². The number of esters is 1. The first-order valence-electron chi connectivity index (χ1n) is 6.05. The van der Waals surface area contributed by atoms with Crippen LogP contribution in [0, 0.1) is 0 Å². The molecule has 0 aromatic rings. The zero-order valence-electron chi connectivity index (χ0n) is 11.4. The van der Waals surface area contributed by atoms with Crippen LogP contribution in [-0.2, 0) is 18.8 Å². The second-order valence-electron chi connectivity index (χ2n) is 5.69. The fourth-order valence-electron chi connectivity index (χ4n) is 2.43. The van der Waals surface area contributed by atoms with Gasteiger partial charge in [-0.05, 0) is 32.0 Å². The third-order valence-corrected chi connectivity index (χ3v) is 5.87. The van der Waals surface area contributed by atoms with Crippen LogP contribution in [0.5, 0.6) is 0 Å². The number of hydrogen-bond acceptors (Lipinski definition) is 5. The lowest BCUT2D eigenvalue weighted by Crippen LogP contribution is -2.58. The molecule has 3 aliphatic rings. The Labute approximate surface area is 126 Å². The molecule has 0 aromatic carbocycles. The Balaban J connectivity index is 2.58. The molecule has 0 saturated carbocycles. The topological polar surface area (TPSA) is 52.6 Å². The van der Waals surface area contributed by atoms with Crippen molar-refractivity contribution in [1.29, 1.82) is 0 Å². The van der Waals surface area contributed by atoms with Crippen molar-refractivity contribution in [2.75, 3.05) is 6.26 Å². The second-order valence-corrected chi connectivity index (χ2v) is 11.9. The Kier molecular flexibility index (Phi) is 4.03. The van der Waals surface area contributed by atoms with Crippen LogP contribution in [0.2, 0.25) is 19.6 Å². The first-order chi connectivity index (χ1) is 8.70. The monoisotopic (exact) mass is 364 g/mol. The number of thioether (sulfide) groups is 1. The number of halogens is 1. The van der Waals surface area contributed by atoms with Gasteiger partial charge in [-0.2, -0.15) is 11.8 Å².